The van der Waals surface area contributed by atoms with Gasteiger partial charge in [0.1, 0.15) is 0 Å². The van der Waals surface area contributed by atoms with Crippen LogP contribution in [0.15, 0.2) is 133 Å². The van der Waals surface area contributed by atoms with Crippen LogP contribution < -0.4 is 15.7 Å². The minimum atomic E-state index is 0.00659. The van der Waals surface area contributed by atoms with E-state index in [9.17, 15) is 0 Å². The van der Waals surface area contributed by atoms with Gasteiger partial charge in [-0.2, -0.15) is 0 Å². The average molecular weight is 610 g/mol. The third-order valence-electron chi connectivity index (χ3n) is 11.4. The van der Waals surface area contributed by atoms with Crippen LogP contribution in [0.25, 0.3) is 76.7 Å². The van der Waals surface area contributed by atoms with Gasteiger partial charge in [-0.05, 0) is 71.8 Å². The van der Waals surface area contributed by atoms with Gasteiger partial charge in [-0.15, -0.1) is 0 Å². The SMILES string of the molecule is Cc1cc2c3c(c1)-n1c4ccccc4c4cccc(c41)B3N(c1ccccc1C)c1c-2ccc2c1c1cccc3c4ccccc4n2c31. The predicted octanol–water partition coefficient (Wildman–Crippen LogP) is 9.79. The zero-order valence-corrected chi connectivity index (χ0v) is 26.6. The smallest absolute Gasteiger partial charge is 0.333 e. The number of benzene rings is 7. The number of anilines is 2. The third kappa shape index (κ3) is 2.78. The molecule has 48 heavy (non-hydrogen) atoms. The molecule has 0 radical (unpaired) electrons. The molecule has 0 atom stereocenters. The van der Waals surface area contributed by atoms with Crippen LogP contribution in [0.4, 0.5) is 11.4 Å². The van der Waals surface area contributed by atoms with Crippen LogP contribution in [0.5, 0.6) is 0 Å². The maximum atomic E-state index is 2.70. The maximum absolute atomic E-state index is 2.70. The Balaban J connectivity index is 1.33. The molecule has 10 aromatic rings. The minimum Gasteiger partial charge on any atom is -0.376 e. The number of hydrogen-bond donors (Lipinski definition) is 0. The van der Waals surface area contributed by atoms with Crippen molar-refractivity contribution in [1.82, 2.24) is 8.97 Å². The molecule has 0 bridgehead atoms. The van der Waals surface area contributed by atoms with Gasteiger partial charge in [-0.1, -0.05) is 103 Å². The Bertz CT molecular complexity index is 3050. The van der Waals surface area contributed by atoms with E-state index in [0.29, 0.717) is 0 Å². The van der Waals surface area contributed by atoms with Gasteiger partial charge in [0.05, 0.1) is 27.6 Å². The highest BCUT2D eigenvalue weighted by Crippen LogP contribution is 2.51. The van der Waals surface area contributed by atoms with Gasteiger partial charge in [0, 0.05) is 54.9 Å². The van der Waals surface area contributed by atoms with Crippen molar-refractivity contribution in [2.45, 2.75) is 13.8 Å². The summed E-state index contributed by atoms with van der Waals surface area (Å²) in [5.41, 5.74) is 18.2. The van der Waals surface area contributed by atoms with Gasteiger partial charge in [0.25, 0.3) is 0 Å². The lowest BCUT2D eigenvalue weighted by Crippen LogP contribution is -2.60. The second-order valence-corrected chi connectivity index (χ2v) is 13.8. The van der Waals surface area contributed by atoms with E-state index < -0.39 is 0 Å². The Labute approximate surface area is 277 Å². The highest BCUT2D eigenvalue weighted by Gasteiger charge is 2.45. The Kier molecular flexibility index (Phi) is 4.44. The van der Waals surface area contributed by atoms with Crippen molar-refractivity contribution in [3.05, 3.63) is 145 Å². The first kappa shape index (κ1) is 25.1. The van der Waals surface area contributed by atoms with Crippen molar-refractivity contribution in [1.29, 1.82) is 0 Å². The molecular formula is C44H28BN3. The van der Waals surface area contributed by atoms with Gasteiger partial charge in [0.2, 0.25) is 0 Å². The number of nitrogens with zero attached hydrogens (tertiary/aromatic N) is 3. The molecule has 4 heteroatoms. The van der Waals surface area contributed by atoms with Crippen molar-refractivity contribution < 1.29 is 0 Å². The number of aryl methyl sites for hydroxylation is 2. The highest BCUT2D eigenvalue weighted by atomic mass is 15.1. The highest BCUT2D eigenvalue weighted by molar-refractivity contribution is 6.94. The molecule has 0 spiro atoms. The molecule has 3 aromatic heterocycles. The van der Waals surface area contributed by atoms with Crippen LogP contribution in [0.1, 0.15) is 11.1 Å². The van der Waals surface area contributed by atoms with Crippen molar-refractivity contribution in [3.8, 4) is 16.8 Å². The summed E-state index contributed by atoms with van der Waals surface area (Å²) in [5.74, 6) is 0. The Morgan fingerprint density at radius 2 is 1.19 bits per heavy atom. The quantitative estimate of drug-likeness (QED) is 0.169. The van der Waals surface area contributed by atoms with Crippen molar-refractivity contribution in [2.75, 3.05) is 4.81 Å². The predicted molar refractivity (Wildman–Crippen MR) is 204 cm³/mol. The van der Waals surface area contributed by atoms with E-state index in [0.717, 1.165) is 0 Å². The summed E-state index contributed by atoms with van der Waals surface area (Å²) < 4.78 is 5.07. The summed E-state index contributed by atoms with van der Waals surface area (Å²) >= 11 is 0. The molecule has 2 aliphatic rings. The fraction of sp³-hybridized carbons (Fsp3) is 0.0455. The van der Waals surface area contributed by atoms with Crippen LogP contribution >= 0.6 is 0 Å². The molecule has 7 aromatic carbocycles. The van der Waals surface area contributed by atoms with E-state index in [1.807, 2.05) is 0 Å². The first-order valence-electron chi connectivity index (χ1n) is 16.9. The molecule has 2 aliphatic heterocycles. The van der Waals surface area contributed by atoms with Crippen molar-refractivity contribution in [3.63, 3.8) is 0 Å². The minimum absolute atomic E-state index is 0.00659. The molecule has 0 saturated carbocycles. The zero-order valence-electron chi connectivity index (χ0n) is 26.6. The lowest BCUT2D eigenvalue weighted by Gasteiger charge is -2.43. The largest absolute Gasteiger partial charge is 0.376 e. The van der Waals surface area contributed by atoms with Crippen molar-refractivity contribution in [2.24, 2.45) is 0 Å². The van der Waals surface area contributed by atoms with E-state index in [2.05, 4.69) is 161 Å². The van der Waals surface area contributed by atoms with E-state index in [4.69, 9.17) is 0 Å². The standard InChI is InChI=1S/C44H28BN3/c1-25-23-33-31-21-22-38-40(32-16-9-14-29-27-12-4-7-19-36(27)46(38)42(29)32)44(31)48(35-18-6-3-11-26(35)2)45-34-17-10-15-30-28-13-5-8-20-37(28)47(43(30)34)39(24-25)41(33)45/h3-24H,1-2H3. The Hall–Kier alpha value is -6.00. The lowest BCUT2D eigenvalue weighted by molar-refractivity contribution is 1.17. The number of aromatic nitrogens is 2. The molecular weight excluding hydrogens is 581 g/mol. The second-order valence-electron chi connectivity index (χ2n) is 13.8. The number of hydrogen-bond acceptors (Lipinski definition) is 1. The molecule has 3 nitrogen and oxygen atoms in total. The van der Waals surface area contributed by atoms with E-state index >= 15 is 0 Å². The summed E-state index contributed by atoms with van der Waals surface area (Å²) in [7, 11) is 0. The molecule has 0 N–H and O–H groups in total. The molecule has 0 saturated heterocycles. The lowest BCUT2D eigenvalue weighted by atomic mass is 9.43. The normalized spacial score (nSPS) is 13.5. The van der Waals surface area contributed by atoms with Crippen LogP contribution in [0, 0.1) is 13.8 Å². The molecule has 12 rings (SSSR count). The van der Waals surface area contributed by atoms with Gasteiger partial charge < -0.3 is 13.8 Å². The summed E-state index contributed by atoms with van der Waals surface area (Å²) in [5, 5.41) is 7.89. The van der Waals surface area contributed by atoms with Gasteiger partial charge in [-0.25, -0.2) is 0 Å². The fourth-order valence-electron chi connectivity index (χ4n) is 9.61. The van der Waals surface area contributed by atoms with Crippen LogP contribution in [0.3, 0.4) is 0 Å². The van der Waals surface area contributed by atoms with E-state index in [1.54, 1.807) is 0 Å². The Morgan fingerprint density at radius 1 is 0.500 bits per heavy atom. The third-order valence-corrected chi connectivity index (χ3v) is 11.4. The molecule has 0 aliphatic carbocycles. The summed E-state index contributed by atoms with van der Waals surface area (Å²) in [6, 6.07) is 50.2. The van der Waals surface area contributed by atoms with Crippen LogP contribution in [-0.2, 0) is 0 Å². The van der Waals surface area contributed by atoms with Crippen LogP contribution in [-0.4, -0.2) is 15.8 Å². The Morgan fingerprint density at radius 3 is 2.04 bits per heavy atom. The first-order chi connectivity index (χ1) is 23.7. The van der Waals surface area contributed by atoms with Gasteiger partial charge in [-0.3, -0.25) is 0 Å². The summed E-state index contributed by atoms with van der Waals surface area (Å²) in [6.07, 6.45) is 0. The fourth-order valence-corrected chi connectivity index (χ4v) is 9.61. The summed E-state index contributed by atoms with van der Waals surface area (Å²) in [6.45, 7) is 4.53. The second kappa shape index (κ2) is 8.47. The molecule has 0 fully saturated rings. The average Bonchev–Trinajstić information content (AvgIpc) is 3.76. The van der Waals surface area contributed by atoms with Gasteiger partial charge in [0.15, 0.2) is 0 Å². The molecule has 222 valence electrons. The number of para-hydroxylation sites is 5. The van der Waals surface area contributed by atoms with Crippen molar-refractivity contribution >= 4 is 89.0 Å². The number of fused-ring (bicyclic) bond motifs is 14. The van der Waals surface area contributed by atoms with Gasteiger partial charge >= 0.3 is 6.85 Å². The topological polar surface area (TPSA) is 12.6 Å². The maximum Gasteiger partial charge on any atom is 0.333 e. The number of rotatable bonds is 1. The van der Waals surface area contributed by atoms with Crippen LogP contribution in [0.2, 0.25) is 0 Å². The van der Waals surface area contributed by atoms with E-state index in [-0.39, 0.29) is 6.85 Å². The summed E-state index contributed by atoms with van der Waals surface area (Å²) in [4.78, 5) is 2.70. The monoisotopic (exact) mass is 609 g/mol. The molecule has 0 unspecified atom stereocenters. The first-order valence-corrected chi connectivity index (χ1v) is 16.9. The molecule has 0 amide bonds. The zero-order chi connectivity index (χ0) is 31.4. The molecule has 5 heterocycles. The van der Waals surface area contributed by atoms with E-state index in [1.165, 1.54) is 110 Å².